The van der Waals surface area contributed by atoms with Gasteiger partial charge in [0.1, 0.15) is 6.61 Å². The first-order valence-corrected chi connectivity index (χ1v) is 14.2. The van der Waals surface area contributed by atoms with Crippen molar-refractivity contribution >= 4 is 46.0 Å². The summed E-state index contributed by atoms with van der Waals surface area (Å²) in [7, 11) is -0.624. The van der Waals surface area contributed by atoms with Crippen LogP contribution in [0.3, 0.4) is 0 Å². The van der Waals surface area contributed by atoms with E-state index in [2.05, 4.69) is 34.6 Å². The SMILES string of the molecule is CC1(C)OB(C(=Cc2ccc3nc(N)sc3c2)CNC(=O)OCC2c3ccccc3-c3ccccc32)OC1(C)C. The van der Waals surface area contributed by atoms with Crippen LogP contribution in [0.5, 0.6) is 0 Å². The first-order chi connectivity index (χ1) is 19.1. The number of carbonyl (C=O) groups is 1. The Labute approximate surface area is 238 Å². The molecule has 4 aromatic rings. The van der Waals surface area contributed by atoms with Crippen LogP contribution in [0.1, 0.15) is 50.3 Å². The number of rotatable bonds is 6. The molecule has 1 aliphatic carbocycles. The van der Waals surface area contributed by atoms with Gasteiger partial charge in [0.2, 0.25) is 0 Å². The molecule has 3 aromatic carbocycles. The number of fused-ring (bicyclic) bond motifs is 4. The number of ether oxygens (including phenoxy) is 1. The Hall–Kier alpha value is -3.66. The van der Waals surface area contributed by atoms with E-state index in [4.69, 9.17) is 19.8 Å². The number of thiazole rings is 1. The lowest BCUT2D eigenvalue weighted by Gasteiger charge is -2.32. The molecule has 0 radical (unpaired) electrons. The van der Waals surface area contributed by atoms with E-state index in [1.807, 2.05) is 76.2 Å². The summed E-state index contributed by atoms with van der Waals surface area (Å²) in [6.45, 7) is 8.49. The highest BCUT2D eigenvalue weighted by Gasteiger charge is 2.52. The van der Waals surface area contributed by atoms with E-state index in [-0.39, 0.29) is 19.1 Å². The molecule has 0 unspecified atom stereocenters. The minimum atomic E-state index is -0.624. The molecule has 0 saturated carbocycles. The lowest BCUT2D eigenvalue weighted by atomic mass is 9.77. The second-order valence-corrected chi connectivity index (χ2v) is 12.3. The van der Waals surface area contributed by atoms with E-state index < -0.39 is 24.4 Å². The Balaban J connectivity index is 1.19. The van der Waals surface area contributed by atoms with Crippen molar-refractivity contribution in [2.24, 2.45) is 0 Å². The van der Waals surface area contributed by atoms with Crippen molar-refractivity contribution in [3.8, 4) is 11.1 Å². The molecule has 1 fully saturated rings. The topological polar surface area (TPSA) is 95.7 Å². The second-order valence-electron chi connectivity index (χ2n) is 11.3. The van der Waals surface area contributed by atoms with Crippen LogP contribution in [-0.4, -0.2) is 42.5 Å². The monoisotopic (exact) mass is 553 g/mol. The summed E-state index contributed by atoms with van der Waals surface area (Å²) in [5, 5.41) is 3.46. The van der Waals surface area contributed by atoms with Crippen molar-refractivity contribution in [1.29, 1.82) is 0 Å². The van der Waals surface area contributed by atoms with Crippen LogP contribution in [-0.2, 0) is 14.0 Å². The van der Waals surface area contributed by atoms with E-state index >= 15 is 0 Å². The third-order valence-corrected chi connectivity index (χ3v) is 8.96. The highest BCUT2D eigenvalue weighted by Crippen LogP contribution is 2.44. The van der Waals surface area contributed by atoms with Gasteiger partial charge in [0.15, 0.2) is 5.13 Å². The molecule has 0 atom stereocenters. The fourth-order valence-corrected chi connectivity index (χ4v) is 6.07. The normalized spacial score (nSPS) is 17.6. The summed E-state index contributed by atoms with van der Waals surface area (Å²) in [5.74, 6) is -0.00479. The van der Waals surface area contributed by atoms with E-state index in [1.165, 1.54) is 33.6 Å². The fraction of sp³-hybridized carbons (Fsp3) is 0.290. The molecule has 9 heteroatoms. The minimum absolute atomic E-state index is 0.00479. The molecule has 40 heavy (non-hydrogen) atoms. The average Bonchev–Trinajstić information content (AvgIpc) is 3.52. The number of nitrogens with zero attached hydrogens (tertiary/aromatic N) is 1. The first-order valence-electron chi connectivity index (χ1n) is 13.4. The van der Waals surface area contributed by atoms with Crippen molar-refractivity contribution in [2.75, 3.05) is 18.9 Å². The van der Waals surface area contributed by atoms with Crippen molar-refractivity contribution in [3.05, 3.63) is 88.9 Å². The van der Waals surface area contributed by atoms with Gasteiger partial charge in [0.05, 0.1) is 21.4 Å². The Morgan fingerprint density at radius 1 is 1.02 bits per heavy atom. The summed E-state index contributed by atoms with van der Waals surface area (Å²) in [6.07, 6.45) is 1.50. The Morgan fingerprint density at radius 2 is 1.65 bits per heavy atom. The number of aromatic nitrogens is 1. The molecule has 1 aliphatic heterocycles. The smallest absolute Gasteiger partial charge is 0.449 e. The third-order valence-electron chi connectivity index (χ3n) is 8.12. The van der Waals surface area contributed by atoms with Gasteiger partial charge in [-0.3, -0.25) is 0 Å². The fourth-order valence-electron chi connectivity index (χ4n) is 5.28. The molecule has 1 amide bonds. The van der Waals surface area contributed by atoms with Crippen molar-refractivity contribution in [2.45, 2.75) is 44.8 Å². The molecule has 0 spiro atoms. The van der Waals surface area contributed by atoms with Gasteiger partial charge in [0, 0.05) is 12.5 Å². The first kappa shape index (κ1) is 26.6. The van der Waals surface area contributed by atoms with E-state index in [0.29, 0.717) is 5.13 Å². The van der Waals surface area contributed by atoms with Gasteiger partial charge in [-0.15, -0.1) is 0 Å². The molecule has 0 bridgehead atoms. The lowest BCUT2D eigenvalue weighted by molar-refractivity contribution is 0.00578. The summed E-state index contributed by atoms with van der Waals surface area (Å²) in [6, 6.07) is 22.5. The molecular formula is C31H32BN3O4S. The zero-order chi connectivity index (χ0) is 28.1. The van der Waals surface area contributed by atoms with Gasteiger partial charge in [-0.2, -0.15) is 0 Å². The Bertz CT molecular complexity index is 1570. The predicted octanol–water partition coefficient (Wildman–Crippen LogP) is 6.43. The minimum Gasteiger partial charge on any atom is -0.449 e. The van der Waals surface area contributed by atoms with Crippen molar-refractivity contribution < 1.29 is 18.8 Å². The van der Waals surface area contributed by atoms with Crippen LogP contribution in [0.2, 0.25) is 0 Å². The van der Waals surface area contributed by atoms with E-state index in [0.717, 1.165) is 21.3 Å². The van der Waals surface area contributed by atoms with Gasteiger partial charge in [-0.25, -0.2) is 9.78 Å². The van der Waals surface area contributed by atoms with E-state index in [9.17, 15) is 4.79 Å². The van der Waals surface area contributed by atoms with Crippen molar-refractivity contribution in [3.63, 3.8) is 0 Å². The Morgan fingerprint density at radius 3 is 2.30 bits per heavy atom. The Kier molecular flexibility index (Phi) is 6.69. The lowest BCUT2D eigenvalue weighted by Crippen LogP contribution is -2.41. The number of amides is 1. The molecule has 6 rings (SSSR count). The summed E-state index contributed by atoms with van der Waals surface area (Å²) in [5.41, 5.74) is 12.2. The molecule has 3 N–H and O–H groups in total. The number of alkyl carbamates (subject to hydrolysis) is 1. The maximum absolute atomic E-state index is 13.0. The maximum Gasteiger partial charge on any atom is 0.492 e. The number of benzene rings is 3. The molecular weight excluding hydrogens is 521 g/mol. The second kappa shape index (κ2) is 10.1. The van der Waals surface area contributed by atoms with Crippen LogP contribution < -0.4 is 11.1 Å². The molecule has 1 aromatic heterocycles. The van der Waals surface area contributed by atoms with Crippen LogP contribution in [0.4, 0.5) is 9.93 Å². The summed E-state index contributed by atoms with van der Waals surface area (Å²) < 4.78 is 19.4. The zero-order valence-corrected chi connectivity index (χ0v) is 23.9. The van der Waals surface area contributed by atoms with Crippen LogP contribution in [0, 0.1) is 0 Å². The van der Waals surface area contributed by atoms with Gasteiger partial charge in [-0.1, -0.05) is 72.0 Å². The molecule has 2 heterocycles. The number of nitrogens with two attached hydrogens (primary N) is 1. The standard InChI is InChI=1S/C31H32BN3O4S/c1-30(2)31(3,4)39-32(38-30)20(15-19-13-14-26-27(16-19)40-28(33)35-26)17-34-29(36)37-18-25-23-11-7-5-9-21(23)22-10-6-8-12-24(22)25/h5-16,25H,17-18H2,1-4H3,(H2,33,35)(H,34,36). The quantitative estimate of drug-likeness (QED) is 0.267. The average molecular weight is 553 g/mol. The van der Waals surface area contributed by atoms with E-state index in [1.54, 1.807) is 0 Å². The number of nitrogen functional groups attached to an aromatic ring is 1. The van der Waals surface area contributed by atoms with Crippen molar-refractivity contribution in [1.82, 2.24) is 10.3 Å². The summed E-state index contributed by atoms with van der Waals surface area (Å²) in [4.78, 5) is 17.3. The third kappa shape index (κ3) is 4.89. The zero-order valence-electron chi connectivity index (χ0n) is 23.1. The largest absolute Gasteiger partial charge is 0.492 e. The van der Waals surface area contributed by atoms with Crippen LogP contribution in [0.15, 0.2) is 72.2 Å². The van der Waals surface area contributed by atoms with Gasteiger partial charge in [0.25, 0.3) is 0 Å². The molecule has 1 saturated heterocycles. The maximum atomic E-state index is 13.0. The highest BCUT2D eigenvalue weighted by molar-refractivity contribution is 7.22. The molecule has 204 valence electrons. The molecule has 7 nitrogen and oxygen atoms in total. The number of carbonyl (C=O) groups excluding carboxylic acids is 1. The van der Waals surface area contributed by atoms with Gasteiger partial charge >= 0.3 is 13.2 Å². The number of hydrogen-bond donors (Lipinski definition) is 2. The predicted molar refractivity (Wildman–Crippen MR) is 161 cm³/mol. The van der Waals surface area contributed by atoms with Crippen LogP contribution >= 0.6 is 11.3 Å². The summed E-state index contributed by atoms with van der Waals surface area (Å²) >= 11 is 1.44. The van der Waals surface area contributed by atoms with Crippen LogP contribution in [0.25, 0.3) is 27.4 Å². The van der Waals surface area contributed by atoms with Gasteiger partial charge < -0.3 is 25.1 Å². The highest BCUT2D eigenvalue weighted by atomic mass is 32.1. The molecule has 2 aliphatic rings. The van der Waals surface area contributed by atoms with Gasteiger partial charge in [-0.05, 0) is 73.1 Å². The number of hydrogen-bond acceptors (Lipinski definition) is 7. The number of anilines is 1. The number of nitrogens with one attached hydrogen (secondary N) is 1.